The van der Waals surface area contributed by atoms with Gasteiger partial charge in [0.15, 0.2) is 6.29 Å². The maximum absolute atomic E-state index is 11.5. The van der Waals surface area contributed by atoms with Crippen molar-refractivity contribution in [2.45, 2.75) is 6.92 Å². The highest BCUT2D eigenvalue weighted by atomic mass is 79.9. The Bertz CT molecular complexity index is 540. The van der Waals surface area contributed by atoms with E-state index in [9.17, 15) is 9.59 Å². The number of benzene rings is 1. The molecule has 0 bridgehead atoms. The van der Waals surface area contributed by atoms with Crippen LogP contribution in [0.4, 0.5) is 5.69 Å². The highest BCUT2D eigenvalue weighted by Crippen LogP contribution is 2.19. The van der Waals surface area contributed by atoms with E-state index in [2.05, 4.69) is 32.1 Å². The summed E-state index contributed by atoms with van der Waals surface area (Å²) < 4.78 is 1.01. The highest BCUT2D eigenvalue weighted by molar-refractivity contribution is 9.10. The van der Waals surface area contributed by atoms with Crippen LogP contribution in [-0.4, -0.2) is 25.2 Å². The average molecular weight is 338 g/mol. The molecule has 6 heteroatoms. The van der Waals surface area contributed by atoms with Crippen LogP contribution in [0.25, 0.3) is 0 Å². The standard InChI is InChI=1S/C14H16BrN3O2/c1-9(12-6-16-7-13(12)14(20)8-19)17-18-11-4-2-10(15)3-5-11/h2-5,8,13,16-18H,6-7H2,1H3. The van der Waals surface area contributed by atoms with E-state index >= 15 is 0 Å². The third kappa shape index (κ3) is 3.46. The molecule has 1 aromatic carbocycles. The topological polar surface area (TPSA) is 70.2 Å². The van der Waals surface area contributed by atoms with Crippen molar-refractivity contribution < 1.29 is 9.59 Å². The fraction of sp³-hybridized carbons (Fsp3) is 0.286. The van der Waals surface area contributed by atoms with Gasteiger partial charge in [-0.3, -0.25) is 9.59 Å². The molecule has 1 aliphatic heterocycles. The second kappa shape index (κ2) is 6.67. The Kier molecular flexibility index (Phi) is 4.92. The van der Waals surface area contributed by atoms with E-state index in [0.29, 0.717) is 19.4 Å². The van der Waals surface area contributed by atoms with Crippen molar-refractivity contribution in [2.75, 3.05) is 18.5 Å². The van der Waals surface area contributed by atoms with E-state index < -0.39 is 0 Å². The van der Waals surface area contributed by atoms with Gasteiger partial charge in [-0.25, -0.2) is 0 Å². The first-order valence-electron chi connectivity index (χ1n) is 6.29. The van der Waals surface area contributed by atoms with Crippen molar-refractivity contribution in [3.63, 3.8) is 0 Å². The van der Waals surface area contributed by atoms with Gasteiger partial charge in [0.2, 0.25) is 5.78 Å². The first-order valence-corrected chi connectivity index (χ1v) is 7.08. The summed E-state index contributed by atoms with van der Waals surface area (Å²) >= 11 is 3.37. The lowest BCUT2D eigenvalue weighted by molar-refractivity contribution is -0.131. The Morgan fingerprint density at radius 1 is 1.40 bits per heavy atom. The van der Waals surface area contributed by atoms with Gasteiger partial charge in [-0.2, -0.15) is 0 Å². The quantitative estimate of drug-likeness (QED) is 0.432. The number of rotatable bonds is 5. The van der Waals surface area contributed by atoms with Crippen LogP contribution in [0.15, 0.2) is 40.0 Å². The fourth-order valence-corrected chi connectivity index (χ4v) is 2.39. The van der Waals surface area contributed by atoms with E-state index in [0.717, 1.165) is 21.4 Å². The number of hydrogen-bond acceptors (Lipinski definition) is 5. The molecule has 0 spiro atoms. The average Bonchev–Trinajstić information content (AvgIpc) is 2.95. The van der Waals surface area contributed by atoms with Gasteiger partial charge >= 0.3 is 0 Å². The van der Waals surface area contributed by atoms with Crippen molar-refractivity contribution in [1.29, 1.82) is 0 Å². The van der Waals surface area contributed by atoms with Crippen LogP contribution in [0, 0.1) is 5.92 Å². The minimum atomic E-state index is -0.380. The van der Waals surface area contributed by atoms with Gasteiger partial charge in [-0.15, -0.1) is 0 Å². The first kappa shape index (κ1) is 14.7. The molecule has 1 saturated heterocycles. The van der Waals surface area contributed by atoms with Crippen molar-refractivity contribution in [3.05, 3.63) is 40.0 Å². The summed E-state index contributed by atoms with van der Waals surface area (Å²) in [5.74, 6) is -0.735. The monoisotopic (exact) mass is 337 g/mol. The number of ketones is 1. The van der Waals surface area contributed by atoms with E-state index in [1.165, 1.54) is 0 Å². The summed E-state index contributed by atoms with van der Waals surface area (Å²) in [4.78, 5) is 22.2. The maximum atomic E-state index is 11.5. The molecule has 1 atom stereocenters. The number of carbonyl (C=O) groups is 2. The van der Waals surface area contributed by atoms with Gasteiger partial charge in [0.05, 0.1) is 11.6 Å². The van der Waals surface area contributed by atoms with Crippen LogP contribution in [-0.2, 0) is 9.59 Å². The Morgan fingerprint density at radius 3 is 2.75 bits per heavy atom. The van der Waals surface area contributed by atoms with Crippen LogP contribution in [0.2, 0.25) is 0 Å². The summed E-state index contributed by atoms with van der Waals surface area (Å²) in [5.41, 5.74) is 8.84. The SMILES string of the molecule is CC(NNc1ccc(Br)cc1)=C1CNCC1C(=O)C=O. The van der Waals surface area contributed by atoms with Crippen molar-refractivity contribution in [2.24, 2.45) is 5.92 Å². The lowest BCUT2D eigenvalue weighted by Crippen LogP contribution is -2.25. The van der Waals surface area contributed by atoms with Gasteiger partial charge in [-0.1, -0.05) is 15.9 Å². The molecule has 20 heavy (non-hydrogen) atoms. The number of halogens is 1. The largest absolute Gasteiger partial charge is 0.312 e. The number of hydrazine groups is 1. The predicted molar refractivity (Wildman–Crippen MR) is 81.0 cm³/mol. The van der Waals surface area contributed by atoms with Crippen LogP contribution in [0.1, 0.15) is 6.92 Å². The molecule has 106 valence electrons. The molecule has 3 N–H and O–H groups in total. The smallest absolute Gasteiger partial charge is 0.203 e. The van der Waals surface area contributed by atoms with Crippen LogP contribution in [0.3, 0.4) is 0 Å². The van der Waals surface area contributed by atoms with Crippen molar-refractivity contribution in [1.82, 2.24) is 10.7 Å². The molecule has 0 amide bonds. The molecule has 1 aliphatic rings. The predicted octanol–water partition coefficient (Wildman–Crippen LogP) is 1.63. The van der Waals surface area contributed by atoms with Crippen LogP contribution >= 0.6 is 15.9 Å². The second-order valence-corrected chi connectivity index (χ2v) is 5.53. The third-order valence-electron chi connectivity index (χ3n) is 3.26. The normalized spacial score (nSPS) is 20.4. The van der Waals surface area contributed by atoms with Crippen molar-refractivity contribution >= 4 is 33.7 Å². The number of aldehydes is 1. The Hall–Kier alpha value is -1.66. The fourth-order valence-electron chi connectivity index (χ4n) is 2.13. The van der Waals surface area contributed by atoms with Gasteiger partial charge in [0.1, 0.15) is 0 Å². The zero-order chi connectivity index (χ0) is 14.5. The summed E-state index contributed by atoms with van der Waals surface area (Å²) in [6.45, 7) is 3.02. The molecule has 0 saturated carbocycles. The molecule has 1 unspecified atom stereocenters. The zero-order valence-electron chi connectivity index (χ0n) is 11.1. The van der Waals surface area contributed by atoms with Crippen molar-refractivity contribution in [3.8, 4) is 0 Å². The van der Waals surface area contributed by atoms with Gasteiger partial charge in [0.25, 0.3) is 0 Å². The molecule has 0 radical (unpaired) electrons. The first-order chi connectivity index (χ1) is 9.61. The van der Waals surface area contributed by atoms with E-state index in [1.54, 1.807) is 0 Å². The highest BCUT2D eigenvalue weighted by Gasteiger charge is 2.28. The van der Waals surface area contributed by atoms with E-state index in [4.69, 9.17) is 0 Å². The summed E-state index contributed by atoms with van der Waals surface area (Å²) in [5, 5.41) is 3.11. The minimum absolute atomic E-state index is 0.355. The molecular weight excluding hydrogens is 322 g/mol. The van der Waals surface area contributed by atoms with Crippen LogP contribution < -0.4 is 16.2 Å². The lowest BCUT2D eigenvalue weighted by Gasteiger charge is -2.15. The van der Waals surface area contributed by atoms with Crippen LogP contribution in [0.5, 0.6) is 0 Å². The lowest BCUT2D eigenvalue weighted by atomic mass is 9.97. The Balaban J connectivity index is 2.04. The Morgan fingerprint density at radius 2 is 2.10 bits per heavy atom. The van der Waals surface area contributed by atoms with E-state index in [1.807, 2.05) is 31.2 Å². The van der Waals surface area contributed by atoms with Gasteiger partial charge in [0, 0.05) is 23.3 Å². The second-order valence-electron chi connectivity index (χ2n) is 4.61. The zero-order valence-corrected chi connectivity index (χ0v) is 12.7. The number of hydrogen-bond donors (Lipinski definition) is 3. The molecule has 1 fully saturated rings. The third-order valence-corrected chi connectivity index (χ3v) is 3.79. The number of Topliss-reactive ketones (excluding diaryl/α,β-unsaturated/α-hetero) is 1. The number of nitrogens with one attached hydrogen (secondary N) is 3. The Labute approximate surface area is 125 Å². The molecule has 1 aromatic rings. The maximum Gasteiger partial charge on any atom is 0.203 e. The number of anilines is 1. The van der Waals surface area contributed by atoms with Gasteiger partial charge < -0.3 is 16.2 Å². The minimum Gasteiger partial charge on any atom is -0.312 e. The summed E-state index contributed by atoms with van der Waals surface area (Å²) in [6, 6.07) is 7.72. The number of allylic oxidation sites excluding steroid dienone is 1. The molecule has 1 heterocycles. The summed E-state index contributed by atoms with van der Waals surface area (Å²) in [7, 11) is 0. The molecule has 5 nitrogen and oxygen atoms in total. The molecule has 0 aliphatic carbocycles. The van der Waals surface area contributed by atoms with Gasteiger partial charge in [-0.05, 0) is 36.8 Å². The number of carbonyl (C=O) groups excluding carboxylic acids is 2. The summed E-state index contributed by atoms with van der Waals surface area (Å²) in [6.07, 6.45) is 0.396. The molecule has 2 rings (SSSR count). The molecule has 0 aromatic heterocycles. The molecular formula is C14H16BrN3O2. The van der Waals surface area contributed by atoms with E-state index in [-0.39, 0.29) is 11.7 Å².